The topological polar surface area (TPSA) is 94.9 Å². The van der Waals surface area contributed by atoms with Gasteiger partial charge in [-0.1, -0.05) is 6.07 Å². The summed E-state index contributed by atoms with van der Waals surface area (Å²) in [6, 6.07) is 5.63. The number of aromatic nitrogens is 2. The number of fused-ring (bicyclic) bond motifs is 1. The van der Waals surface area contributed by atoms with Crippen molar-refractivity contribution in [2.45, 2.75) is 25.3 Å². The first kappa shape index (κ1) is 11.9. The summed E-state index contributed by atoms with van der Waals surface area (Å²) >= 11 is 0. The van der Waals surface area contributed by atoms with Crippen molar-refractivity contribution in [1.82, 2.24) is 9.97 Å². The zero-order valence-corrected chi connectivity index (χ0v) is 9.79. The van der Waals surface area contributed by atoms with Gasteiger partial charge in [-0.3, -0.25) is 0 Å². The van der Waals surface area contributed by atoms with Crippen LogP contribution in [0.15, 0.2) is 23.0 Å². The van der Waals surface area contributed by atoms with Crippen molar-refractivity contribution < 1.29 is 5.11 Å². The van der Waals surface area contributed by atoms with Crippen LogP contribution in [0.3, 0.4) is 0 Å². The van der Waals surface area contributed by atoms with Gasteiger partial charge in [0.05, 0.1) is 11.0 Å². The lowest BCUT2D eigenvalue weighted by Gasteiger charge is -2.25. The molecule has 92 valence electrons. The predicted octanol–water partition coefficient (Wildman–Crippen LogP) is 0.803. The van der Waals surface area contributed by atoms with Crippen LogP contribution in [0.25, 0.3) is 11.0 Å². The largest absolute Gasteiger partial charge is 0.396 e. The SMILES string of the molecule is CC(N)(CCCO)c1ccc2[nH]c(=O)[nH]c2c1. The van der Waals surface area contributed by atoms with E-state index in [1.807, 2.05) is 25.1 Å². The third-order valence-corrected chi connectivity index (χ3v) is 3.03. The normalized spacial score (nSPS) is 15.0. The lowest BCUT2D eigenvalue weighted by atomic mass is 9.88. The van der Waals surface area contributed by atoms with E-state index in [0.29, 0.717) is 12.8 Å². The molecule has 0 amide bonds. The van der Waals surface area contributed by atoms with Gasteiger partial charge in [0.2, 0.25) is 0 Å². The van der Waals surface area contributed by atoms with E-state index in [2.05, 4.69) is 9.97 Å². The maximum absolute atomic E-state index is 11.1. The molecule has 1 aromatic carbocycles. The fourth-order valence-electron chi connectivity index (χ4n) is 1.98. The smallest absolute Gasteiger partial charge is 0.323 e. The molecule has 1 heterocycles. The van der Waals surface area contributed by atoms with Gasteiger partial charge in [-0.2, -0.15) is 0 Å². The highest BCUT2D eigenvalue weighted by atomic mass is 16.2. The van der Waals surface area contributed by atoms with E-state index in [-0.39, 0.29) is 12.3 Å². The van der Waals surface area contributed by atoms with Gasteiger partial charge < -0.3 is 20.8 Å². The average molecular weight is 235 g/mol. The number of aliphatic hydroxyl groups excluding tert-OH is 1. The van der Waals surface area contributed by atoms with Crippen LogP contribution in [0.2, 0.25) is 0 Å². The second-order valence-corrected chi connectivity index (χ2v) is 4.58. The molecular formula is C12H17N3O2. The third kappa shape index (κ3) is 2.40. The Balaban J connectivity index is 2.37. The van der Waals surface area contributed by atoms with Crippen molar-refractivity contribution in [3.8, 4) is 0 Å². The fourth-order valence-corrected chi connectivity index (χ4v) is 1.98. The van der Waals surface area contributed by atoms with E-state index in [0.717, 1.165) is 16.6 Å². The van der Waals surface area contributed by atoms with E-state index in [9.17, 15) is 4.79 Å². The van der Waals surface area contributed by atoms with Crippen LogP contribution in [0.5, 0.6) is 0 Å². The van der Waals surface area contributed by atoms with E-state index in [1.165, 1.54) is 0 Å². The van der Waals surface area contributed by atoms with E-state index in [1.54, 1.807) is 0 Å². The predicted molar refractivity (Wildman–Crippen MR) is 66.8 cm³/mol. The second-order valence-electron chi connectivity index (χ2n) is 4.58. The quantitative estimate of drug-likeness (QED) is 0.631. The van der Waals surface area contributed by atoms with Gasteiger partial charge >= 0.3 is 5.69 Å². The van der Waals surface area contributed by atoms with Gasteiger partial charge in [-0.15, -0.1) is 0 Å². The Morgan fingerprint density at radius 1 is 1.35 bits per heavy atom. The molecule has 0 saturated heterocycles. The standard InChI is InChI=1S/C12H17N3O2/c1-12(13,5-2-6-16)8-3-4-9-10(7-8)15-11(17)14-9/h3-4,7,16H,2,5-6,13H2,1H3,(H2,14,15,17). The Bertz CT molecular complexity index is 568. The summed E-state index contributed by atoms with van der Waals surface area (Å²) in [5.41, 5.74) is 7.98. The van der Waals surface area contributed by atoms with Gasteiger partial charge in [0.25, 0.3) is 0 Å². The monoisotopic (exact) mass is 235 g/mol. The van der Waals surface area contributed by atoms with Gasteiger partial charge in [0, 0.05) is 12.1 Å². The summed E-state index contributed by atoms with van der Waals surface area (Å²) in [7, 11) is 0. The molecule has 2 rings (SSSR count). The minimum absolute atomic E-state index is 0.135. The van der Waals surface area contributed by atoms with Crippen molar-refractivity contribution in [2.24, 2.45) is 5.73 Å². The molecule has 5 heteroatoms. The molecule has 0 radical (unpaired) electrons. The number of aliphatic hydroxyl groups is 1. The number of hydrogen-bond donors (Lipinski definition) is 4. The van der Waals surface area contributed by atoms with Gasteiger partial charge in [0.15, 0.2) is 0 Å². The van der Waals surface area contributed by atoms with E-state index >= 15 is 0 Å². The van der Waals surface area contributed by atoms with Crippen LogP contribution < -0.4 is 11.4 Å². The lowest BCUT2D eigenvalue weighted by molar-refractivity contribution is 0.266. The molecule has 2 aromatic rings. The zero-order chi connectivity index (χ0) is 12.5. The van der Waals surface area contributed by atoms with Crippen LogP contribution in [-0.4, -0.2) is 21.7 Å². The summed E-state index contributed by atoms with van der Waals surface area (Å²) in [4.78, 5) is 16.5. The molecule has 1 aromatic heterocycles. The molecule has 1 atom stereocenters. The number of nitrogens with two attached hydrogens (primary N) is 1. The summed E-state index contributed by atoms with van der Waals surface area (Å²) in [6.07, 6.45) is 1.36. The van der Waals surface area contributed by atoms with Crippen LogP contribution in [-0.2, 0) is 5.54 Å². The van der Waals surface area contributed by atoms with Gasteiger partial charge in [-0.25, -0.2) is 4.79 Å². The molecule has 0 fully saturated rings. The second kappa shape index (κ2) is 4.35. The molecule has 0 spiro atoms. The number of benzene rings is 1. The molecule has 0 bridgehead atoms. The van der Waals surface area contributed by atoms with Gasteiger partial charge in [-0.05, 0) is 37.5 Å². The van der Waals surface area contributed by atoms with Crippen LogP contribution in [0.4, 0.5) is 0 Å². The fraction of sp³-hybridized carbons (Fsp3) is 0.417. The first-order valence-electron chi connectivity index (χ1n) is 5.65. The summed E-state index contributed by atoms with van der Waals surface area (Å²) in [5.74, 6) is 0. The minimum atomic E-state index is -0.495. The number of H-pyrrole nitrogens is 2. The Morgan fingerprint density at radius 2 is 2.06 bits per heavy atom. The molecule has 5 nitrogen and oxygen atoms in total. The maximum atomic E-state index is 11.1. The van der Waals surface area contributed by atoms with Crippen LogP contribution >= 0.6 is 0 Å². The number of rotatable bonds is 4. The Kier molecular flexibility index (Phi) is 3.04. The highest BCUT2D eigenvalue weighted by Crippen LogP contribution is 2.25. The van der Waals surface area contributed by atoms with E-state index in [4.69, 9.17) is 10.8 Å². The zero-order valence-electron chi connectivity index (χ0n) is 9.79. The highest BCUT2D eigenvalue weighted by Gasteiger charge is 2.21. The third-order valence-electron chi connectivity index (χ3n) is 3.03. The van der Waals surface area contributed by atoms with Crippen molar-refractivity contribution in [2.75, 3.05) is 6.61 Å². The molecule has 1 unspecified atom stereocenters. The van der Waals surface area contributed by atoms with Crippen LogP contribution in [0, 0.1) is 0 Å². The molecule has 17 heavy (non-hydrogen) atoms. The molecule has 0 aliphatic carbocycles. The summed E-state index contributed by atoms with van der Waals surface area (Å²) < 4.78 is 0. The first-order valence-corrected chi connectivity index (χ1v) is 5.65. The lowest BCUT2D eigenvalue weighted by Crippen LogP contribution is -2.33. The van der Waals surface area contributed by atoms with Crippen molar-refractivity contribution in [3.63, 3.8) is 0 Å². The molecule has 0 saturated carbocycles. The summed E-state index contributed by atoms with van der Waals surface area (Å²) in [5, 5.41) is 8.84. The van der Waals surface area contributed by atoms with E-state index < -0.39 is 5.54 Å². The summed E-state index contributed by atoms with van der Waals surface area (Å²) in [6.45, 7) is 2.06. The number of nitrogens with one attached hydrogen (secondary N) is 2. The van der Waals surface area contributed by atoms with Crippen molar-refractivity contribution in [3.05, 3.63) is 34.2 Å². The number of imidazole rings is 1. The molecular weight excluding hydrogens is 218 g/mol. The Morgan fingerprint density at radius 3 is 2.76 bits per heavy atom. The molecule has 5 N–H and O–H groups in total. The molecule has 0 aliphatic heterocycles. The maximum Gasteiger partial charge on any atom is 0.323 e. The molecule has 0 aliphatic rings. The Hall–Kier alpha value is -1.59. The number of aromatic amines is 2. The number of hydrogen-bond acceptors (Lipinski definition) is 3. The highest BCUT2D eigenvalue weighted by molar-refractivity contribution is 5.75. The first-order chi connectivity index (χ1) is 8.03. The van der Waals surface area contributed by atoms with Crippen molar-refractivity contribution in [1.29, 1.82) is 0 Å². The Labute approximate surface area is 98.7 Å². The van der Waals surface area contributed by atoms with Gasteiger partial charge in [0.1, 0.15) is 0 Å². The minimum Gasteiger partial charge on any atom is -0.396 e. The van der Waals surface area contributed by atoms with Crippen LogP contribution in [0.1, 0.15) is 25.3 Å². The average Bonchev–Trinajstić information content (AvgIpc) is 2.65. The van der Waals surface area contributed by atoms with Crippen molar-refractivity contribution >= 4 is 11.0 Å².